The van der Waals surface area contributed by atoms with Crippen molar-refractivity contribution in [3.8, 4) is 0 Å². The van der Waals surface area contributed by atoms with Crippen molar-refractivity contribution in [1.29, 1.82) is 0 Å². The molecule has 0 spiro atoms. The summed E-state index contributed by atoms with van der Waals surface area (Å²) >= 11 is 1.26. The van der Waals surface area contributed by atoms with Gasteiger partial charge in [0.2, 0.25) is 0 Å². The lowest BCUT2D eigenvalue weighted by molar-refractivity contribution is 0.0766. The zero-order chi connectivity index (χ0) is 11.7. The molecule has 1 aromatic heterocycles. The van der Waals surface area contributed by atoms with E-state index in [4.69, 9.17) is 5.73 Å². The van der Waals surface area contributed by atoms with Gasteiger partial charge in [0.15, 0.2) is 5.13 Å². The fourth-order valence-corrected chi connectivity index (χ4v) is 2.46. The average molecular weight is 237 g/mol. The van der Waals surface area contributed by atoms with Gasteiger partial charge in [-0.15, -0.1) is 6.58 Å². The number of amides is 1. The van der Waals surface area contributed by atoms with Gasteiger partial charge in [0.05, 0.1) is 5.69 Å². The summed E-state index contributed by atoms with van der Waals surface area (Å²) < 4.78 is 0. The molecule has 0 aromatic carbocycles. The molecule has 0 unspecified atom stereocenters. The summed E-state index contributed by atoms with van der Waals surface area (Å²) in [7, 11) is 0. The van der Waals surface area contributed by atoms with Crippen molar-refractivity contribution >= 4 is 22.4 Å². The van der Waals surface area contributed by atoms with Gasteiger partial charge in [-0.3, -0.25) is 4.79 Å². The summed E-state index contributed by atoms with van der Waals surface area (Å²) in [5, 5.41) is 0.454. The summed E-state index contributed by atoms with van der Waals surface area (Å²) in [5.74, 6) is 0.0362. The van der Waals surface area contributed by atoms with E-state index < -0.39 is 0 Å². The van der Waals surface area contributed by atoms with Crippen LogP contribution in [0.25, 0.3) is 0 Å². The number of rotatable bonds is 4. The van der Waals surface area contributed by atoms with Crippen LogP contribution in [0.4, 0.5) is 5.13 Å². The maximum Gasteiger partial charge on any atom is 0.266 e. The molecule has 0 atom stereocenters. The van der Waals surface area contributed by atoms with E-state index in [9.17, 15) is 4.79 Å². The van der Waals surface area contributed by atoms with Gasteiger partial charge >= 0.3 is 0 Å². The number of aromatic nitrogens is 1. The largest absolute Gasteiger partial charge is 0.375 e. The van der Waals surface area contributed by atoms with E-state index in [1.54, 1.807) is 6.08 Å². The molecule has 0 bridgehead atoms. The van der Waals surface area contributed by atoms with Gasteiger partial charge in [-0.2, -0.15) is 0 Å². The molecular formula is C11H15N3OS. The third-order valence-corrected chi connectivity index (χ3v) is 3.56. The van der Waals surface area contributed by atoms with Gasteiger partial charge < -0.3 is 10.6 Å². The maximum atomic E-state index is 12.2. The Labute approximate surface area is 98.8 Å². The Balaban J connectivity index is 2.21. The zero-order valence-electron chi connectivity index (χ0n) is 9.27. The number of nitrogen functional groups attached to an aromatic ring is 1. The normalized spacial score (nSPS) is 14.8. The average Bonchev–Trinajstić information content (AvgIpc) is 3.00. The van der Waals surface area contributed by atoms with Gasteiger partial charge in [-0.05, 0) is 19.8 Å². The number of anilines is 1. The van der Waals surface area contributed by atoms with Crippen LogP contribution in [-0.4, -0.2) is 28.4 Å². The minimum Gasteiger partial charge on any atom is -0.375 e. The fourth-order valence-electron chi connectivity index (χ4n) is 1.67. The molecule has 0 aliphatic heterocycles. The molecule has 86 valence electrons. The standard InChI is InChI=1S/C11H15N3OS/c1-3-6-14(8-4-5-8)10(15)9-7(2)13-11(12)16-9/h3,8H,1,4-6H2,2H3,(H2,12,13). The Morgan fingerprint density at radius 1 is 1.75 bits per heavy atom. The number of nitrogens with zero attached hydrogens (tertiary/aromatic N) is 2. The van der Waals surface area contributed by atoms with E-state index in [1.165, 1.54) is 11.3 Å². The highest BCUT2D eigenvalue weighted by Gasteiger charge is 2.33. The summed E-state index contributed by atoms with van der Waals surface area (Å²) in [6.07, 6.45) is 3.94. The SMILES string of the molecule is C=CCN(C(=O)c1sc(N)nc1C)C1CC1. The number of carbonyl (C=O) groups excluding carboxylic acids is 1. The van der Waals surface area contributed by atoms with E-state index in [1.807, 2.05) is 11.8 Å². The number of aryl methyl sites for hydroxylation is 1. The fraction of sp³-hybridized carbons (Fsp3) is 0.455. The third-order valence-electron chi connectivity index (χ3n) is 2.58. The molecule has 2 rings (SSSR count). The molecule has 1 heterocycles. The predicted molar refractivity (Wildman–Crippen MR) is 65.5 cm³/mol. The highest BCUT2D eigenvalue weighted by atomic mass is 32.1. The molecule has 16 heavy (non-hydrogen) atoms. The first-order valence-corrected chi connectivity index (χ1v) is 6.10. The number of nitrogens with two attached hydrogens (primary N) is 1. The van der Waals surface area contributed by atoms with Crippen molar-refractivity contribution in [2.45, 2.75) is 25.8 Å². The third kappa shape index (κ3) is 2.09. The predicted octanol–water partition coefficient (Wildman–Crippen LogP) is 1.82. The first kappa shape index (κ1) is 11.1. The van der Waals surface area contributed by atoms with Crippen molar-refractivity contribution in [1.82, 2.24) is 9.88 Å². The molecule has 1 amide bonds. The molecular weight excluding hydrogens is 222 g/mol. The van der Waals surface area contributed by atoms with E-state index in [0.29, 0.717) is 22.6 Å². The summed E-state index contributed by atoms with van der Waals surface area (Å²) in [6, 6.07) is 0.383. The van der Waals surface area contributed by atoms with Crippen LogP contribution in [-0.2, 0) is 0 Å². The molecule has 0 saturated heterocycles. The number of hydrogen-bond donors (Lipinski definition) is 1. The highest BCUT2D eigenvalue weighted by molar-refractivity contribution is 7.17. The van der Waals surface area contributed by atoms with Gasteiger partial charge in [0.1, 0.15) is 4.88 Å². The van der Waals surface area contributed by atoms with Crippen LogP contribution in [0.2, 0.25) is 0 Å². The molecule has 1 saturated carbocycles. The van der Waals surface area contributed by atoms with Crippen molar-refractivity contribution in [2.24, 2.45) is 0 Å². The molecule has 1 aliphatic carbocycles. The van der Waals surface area contributed by atoms with E-state index >= 15 is 0 Å². The lowest BCUT2D eigenvalue weighted by atomic mass is 10.3. The zero-order valence-corrected chi connectivity index (χ0v) is 10.1. The second kappa shape index (κ2) is 4.25. The molecule has 1 aliphatic rings. The van der Waals surface area contributed by atoms with Crippen molar-refractivity contribution in [3.63, 3.8) is 0 Å². The van der Waals surface area contributed by atoms with E-state index in [0.717, 1.165) is 18.5 Å². The van der Waals surface area contributed by atoms with Crippen LogP contribution < -0.4 is 5.73 Å². The first-order valence-electron chi connectivity index (χ1n) is 5.28. The Kier molecular flexibility index (Phi) is 2.96. The lowest BCUT2D eigenvalue weighted by Crippen LogP contribution is -2.33. The van der Waals surface area contributed by atoms with Gasteiger partial charge in [0, 0.05) is 12.6 Å². The Bertz CT molecular complexity index is 423. The summed E-state index contributed by atoms with van der Waals surface area (Å²) in [5.41, 5.74) is 6.32. The maximum absolute atomic E-state index is 12.2. The van der Waals surface area contributed by atoms with Gasteiger partial charge in [-0.1, -0.05) is 17.4 Å². The smallest absolute Gasteiger partial charge is 0.266 e. The molecule has 0 radical (unpaired) electrons. The van der Waals surface area contributed by atoms with Crippen molar-refractivity contribution < 1.29 is 4.79 Å². The lowest BCUT2D eigenvalue weighted by Gasteiger charge is -2.19. The minimum absolute atomic E-state index is 0.0362. The van der Waals surface area contributed by atoms with Crippen LogP contribution in [0, 0.1) is 6.92 Å². The number of thiazole rings is 1. The van der Waals surface area contributed by atoms with Gasteiger partial charge in [0.25, 0.3) is 5.91 Å². The molecule has 4 nitrogen and oxygen atoms in total. The van der Waals surface area contributed by atoms with Crippen molar-refractivity contribution in [2.75, 3.05) is 12.3 Å². The molecule has 2 N–H and O–H groups in total. The van der Waals surface area contributed by atoms with Crippen molar-refractivity contribution in [3.05, 3.63) is 23.2 Å². The quantitative estimate of drug-likeness (QED) is 0.813. The van der Waals surface area contributed by atoms with E-state index in [2.05, 4.69) is 11.6 Å². The molecule has 1 aromatic rings. The highest BCUT2D eigenvalue weighted by Crippen LogP contribution is 2.30. The van der Waals surface area contributed by atoms with Crippen LogP contribution >= 0.6 is 11.3 Å². The number of carbonyl (C=O) groups is 1. The van der Waals surface area contributed by atoms with Crippen LogP contribution in [0.3, 0.4) is 0 Å². The Morgan fingerprint density at radius 2 is 2.44 bits per heavy atom. The number of hydrogen-bond acceptors (Lipinski definition) is 4. The Morgan fingerprint density at radius 3 is 2.88 bits per heavy atom. The Hall–Kier alpha value is -1.36. The van der Waals surface area contributed by atoms with Crippen LogP contribution in [0.1, 0.15) is 28.2 Å². The first-order chi connectivity index (χ1) is 7.63. The summed E-state index contributed by atoms with van der Waals surface area (Å²) in [6.45, 7) is 6.10. The second-order valence-corrected chi connectivity index (χ2v) is 4.97. The molecule has 5 heteroatoms. The monoisotopic (exact) mass is 237 g/mol. The van der Waals surface area contributed by atoms with Crippen LogP contribution in [0.5, 0.6) is 0 Å². The minimum atomic E-state index is 0.0362. The van der Waals surface area contributed by atoms with Gasteiger partial charge in [-0.25, -0.2) is 4.98 Å². The summed E-state index contributed by atoms with van der Waals surface area (Å²) in [4.78, 5) is 18.8. The van der Waals surface area contributed by atoms with E-state index in [-0.39, 0.29) is 5.91 Å². The molecule has 1 fully saturated rings. The topological polar surface area (TPSA) is 59.2 Å². The van der Waals surface area contributed by atoms with Crippen LogP contribution in [0.15, 0.2) is 12.7 Å². The second-order valence-electron chi connectivity index (χ2n) is 3.94.